The second kappa shape index (κ2) is 3.91. The highest BCUT2D eigenvalue weighted by molar-refractivity contribution is 5.35. The maximum absolute atomic E-state index is 5.98. The van der Waals surface area contributed by atoms with Gasteiger partial charge in [-0.2, -0.15) is 0 Å². The molecule has 1 heterocycles. The summed E-state index contributed by atoms with van der Waals surface area (Å²) in [7, 11) is 0. The normalized spacial score (nSPS) is 19.0. The summed E-state index contributed by atoms with van der Waals surface area (Å²) in [5, 5.41) is 0. The van der Waals surface area contributed by atoms with Gasteiger partial charge in [0.2, 0.25) is 5.95 Å². The summed E-state index contributed by atoms with van der Waals surface area (Å²) < 4.78 is 2.12. The zero-order chi connectivity index (χ0) is 11.8. The fourth-order valence-electron chi connectivity index (χ4n) is 2.80. The van der Waals surface area contributed by atoms with Gasteiger partial charge in [0.1, 0.15) is 0 Å². The van der Waals surface area contributed by atoms with Crippen LogP contribution in [0.25, 0.3) is 0 Å². The van der Waals surface area contributed by atoms with Gasteiger partial charge in [-0.15, -0.1) is 0 Å². The fourth-order valence-corrected chi connectivity index (χ4v) is 2.80. The van der Waals surface area contributed by atoms with Gasteiger partial charge in [0.25, 0.3) is 0 Å². The molecule has 1 aromatic carbocycles. The van der Waals surface area contributed by atoms with Crippen LogP contribution >= 0.6 is 0 Å². The second-order valence-corrected chi connectivity index (χ2v) is 4.75. The number of imidazole rings is 1. The maximum Gasteiger partial charge on any atom is 0.200 e. The van der Waals surface area contributed by atoms with Crippen molar-refractivity contribution in [2.45, 2.75) is 32.2 Å². The average Bonchev–Trinajstić information content (AvgIpc) is 2.68. The zero-order valence-corrected chi connectivity index (χ0v) is 10.1. The Morgan fingerprint density at radius 2 is 2.18 bits per heavy atom. The van der Waals surface area contributed by atoms with Crippen molar-refractivity contribution in [3.8, 4) is 0 Å². The molecule has 3 rings (SSSR count). The van der Waals surface area contributed by atoms with Crippen LogP contribution in [0.2, 0.25) is 0 Å². The number of aryl methyl sites for hydroxylation is 2. The molecule has 0 amide bonds. The Bertz CT molecular complexity index is 542. The molecular formula is C14H17N3. The van der Waals surface area contributed by atoms with E-state index in [2.05, 4.69) is 40.0 Å². The first-order valence-electron chi connectivity index (χ1n) is 6.14. The van der Waals surface area contributed by atoms with E-state index in [1.807, 2.05) is 6.92 Å². The first-order valence-corrected chi connectivity index (χ1v) is 6.14. The van der Waals surface area contributed by atoms with Crippen molar-refractivity contribution >= 4 is 5.95 Å². The van der Waals surface area contributed by atoms with Gasteiger partial charge in [-0.25, -0.2) is 4.98 Å². The molecular weight excluding hydrogens is 210 g/mol. The molecule has 2 N–H and O–H groups in total. The van der Waals surface area contributed by atoms with E-state index >= 15 is 0 Å². The molecule has 1 unspecified atom stereocenters. The van der Waals surface area contributed by atoms with E-state index in [4.69, 9.17) is 5.73 Å². The lowest BCUT2D eigenvalue weighted by Gasteiger charge is -2.27. The number of hydrogen-bond donors (Lipinski definition) is 1. The summed E-state index contributed by atoms with van der Waals surface area (Å²) in [5.41, 5.74) is 9.83. The molecule has 1 atom stereocenters. The number of hydrogen-bond acceptors (Lipinski definition) is 2. The molecule has 3 nitrogen and oxygen atoms in total. The quantitative estimate of drug-likeness (QED) is 0.814. The number of nitrogens with two attached hydrogens (primary N) is 1. The Hall–Kier alpha value is -1.77. The lowest BCUT2D eigenvalue weighted by Crippen LogP contribution is -2.18. The van der Waals surface area contributed by atoms with Crippen LogP contribution in [0.15, 0.2) is 30.5 Å². The number of anilines is 1. The summed E-state index contributed by atoms with van der Waals surface area (Å²) in [6.07, 6.45) is 5.61. The Morgan fingerprint density at radius 1 is 1.35 bits per heavy atom. The Kier molecular flexibility index (Phi) is 2.39. The van der Waals surface area contributed by atoms with Gasteiger partial charge in [0.05, 0.1) is 11.7 Å². The number of nitrogen functional groups attached to an aromatic ring is 1. The molecule has 3 heteroatoms. The zero-order valence-electron chi connectivity index (χ0n) is 10.1. The molecule has 2 aromatic rings. The van der Waals surface area contributed by atoms with Crippen molar-refractivity contribution < 1.29 is 0 Å². The van der Waals surface area contributed by atoms with Crippen molar-refractivity contribution in [1.29, 1.82) is 0 Å². The third-order valence-corrected chi connectivity index (χ3v) is 3.55. The van der Waals surface area contributed by atoms with E-state index in [1.165, 1.54) is 24.0 Å². The summed E-state index contributed by atoms with van der Waals surface area (Å²) in [4.78, 5) is 4.30. The predicted octanol–water partition coefficient (Wildman–Crippen LogP) is 2.70. The molecule has 0 bridgehead atoms. The highest BCUT2D eigenvalue weighted by Gasteiger charge is 2.22. The lowest BCUT2D eigenvalue weighted by molar-refractivity contribution is 0.494. The van der Waals surface area contributed by atoms with Crippen molar-refractivity contribution in [2.24, 2.45) is 0 Å². The van der Waals surface area contributed by atoms with Crippen LogP contribution in [0, 0.1) is 6.92 Å². The molecule has 0 fully saturated rings. The molecule has 1 aromatic heterocycles. The standard InChI is InChI=1S/C14H17N3/c1-10-9-17(14(15)16-10)13-8-4-6-11-5-2-3-7-12(11)13/h2-3,5,7,9,13H,4,6,8H2,1H3,(H2,15,16). The van der Waals surface area contributed by atoms with Crippen LogP contribution in [0.5, 0.6) is 0 Å². The summed E-state index contributed by atoms with van der Waals surface area (Å²) >= 11 is 0. The number of aromatic nitrogens is 2. The van der Waals surface area contributed by atoms with Crippen LogP contribution < -0.4 is 5.73 Å². The van der Waals surface area contributed by atoms with Crippen molar-refractivity contribution in [2.75, 3.05) is 5.73 Å². The molecule has 1 aliphatic rings. The van der Waals surface area contributed by atoms with Crippen LogP contribution in [0.3, 0.4) is 0 Å². The van der Waals surface area contributed by atoms with Crippen molar-refractivity contribution in [3.05, 3.63) is 47.3 Å². The van der Waals surface area contributed by atoms with E-state index in [9.17, 15) is 0 Å². The van der Waals surface area contributed by atoms with E-state index < -0.39 is 0 Å². The molecule has 1 aliphatic carbocycles. The largest absolute Gasteiger partial charge is 0.369 e. The topological polar surface area (TPSA) is 43.8 Å². The van der Waals surface area contributed by atoms with Crippen molar-refractivity contribution in [1.82, 2.24) is 9.55 Å². The fraction of sp³-hybridized carbons (Fsp3) is 0.357. The van der Waals surface area contributed by atoms with Gasteiger partial charge >= 0.3 is 0 Å². The molecule has 0 saturated heterocycles. The molecule has 0 aliphatic heterocycles. The second-order valence-electron chi connectivity index (χ2n) is 4.75. The van der Waals surface area contributed by atoms with Gasteiger partial charge in [0, 0.05) is 6.20 Å². The van der Waals surface area contributed by atoms with Crippen molar-refractivity contribution in [3.63, 3.8) is 0 Å². The van der Waals surface area contributed by atoms with Gasteiger partial charge in [0.15, 0.2) is 0 Å². The maximum atomic E-state index is 5.98. The van der Waals surface area contributed by atoms with Crippen LogP contribution in [0.4, 0.5) is 5.95 Å². The lowest BCUT2D eigenvalue weighted by atomic mass is 9.87. The van der Waals surface area contributed by atoms with Gasteiger partial charge in [-0.05, 0) is 37.3 Å². The highest BCUT2D eigenvalue weighted by Crippen LogP contribution is 2.34. The highest BCUT2D eigenvalue weighted by atomic mass is 15.2. The molecule has 88 valence electrons. The van der Waals surface area contributed by atoms with Gasteiger partial charge in [-0.3, -0.25) is 0 Å². The van der Waals surface area contributed by atoms with E-state index in [0.717, 1.165) is 12.1 Å². The number of nitrogens with zero attached hydrogens (tertiary/aromatic N) is 2. The number of fused-ring (bicyclic) bond motifs is 1. The minimum atomic E-state index is 0.362. The van der Waals surface area contributed by atoms with Crippen LogP contribution in [-0.2, 0) is 6.42 Å². The Balaban J connectivity index is 2.09. The Morgan fingerprint density at radius 3 is 2.94 bits per heavy atom. The minimum Gasteiger partial charge on any atom is -0.369 e. The van der Waals surface area contributed by atoms with E-state index in [-0.39, 0.29) is 0 Å². The first kappa shape index (κ1) is 10.4. The van der Waals surface area contributed by atoms with Gasteiger partial charge < -0.3 is 10.3 Å². The van der Waals surface area contributed by atoms with E-state index in [0.29, 0.717) is 12.0 Å². The summed E-state index contributed by atoms with van der Waals surface area (Å²) in [5.74, 6) is 0.629. The molecule has 17 heavy (non-hydrogen) atoms. The van der Waals surface area contributed by atoms with Crippen LogP contribution in [-0.4, -0.2) is 9.55 Å². The third kappa shape index (κ3) is 1.71. The predicted molar refractivity (Wildman–Crippen MR) is 68.9 cm³/mol. The Labute approximate surface area is 101 Å². The summed E-state index contributed by atoms with van der Waals surface area (Å²) in [6.45, 7) is 1.99. The third-order valence-electron chi connectivity index (χ3n) is 3.55. The molecule has 0 saturated carbocycles. The van der Waals surface area contributed by atoms with Gasteiger partial charge in [-0.1, -0.05) is 24.3 Å². The first-order chi connectivity index (χ1) is 8.25. The minimum absolute atomic E-state index is 0.362. The molecule has 0 spiro atoms. The van der Waals surface area contributed by atoms with E-state index in [1.54, 1.807) is 0 Å². The summed E-state index contributed by atoms with van der Waals surface area (Å²) in [6, 6.07) is 9.03. The van der Waals surface area contributed by atoms with Crippen LogP contribution in [0.1, 0.15) is 35.7 Å². The molecule has 0 radical (unpaired) electrons. The number of benzene rings is 1. The monoisotopic (exact) mass is 227 g/mol. The smallest absolute Gasteiger partial charge is 0.200 e. The SMILES string of the molecule is Cc1cn(C2CCCc3ccccc32)c(N)n1. The average molecular weight is 227 g/mol. The number of rotatable bonds is 1.